The van der Waals surface area contributed by atoms with E-state index in [1.165, 1.54) is 12.8 Å². The molecule has 1 saturated heterocycles. The Kier molecular flexibility index (Phi) is 3.04. The van der Waals surface area contributed by atoms with Crippen LogP contribution in [-0.4, -0.2) is 35.3 Å². The van der Waals surface area contributed by atoms with Crippen LogP contribution < -0.4 is 5.32 Å². The second-order valence-corrected chi connectivity index (χ2v) is 6.02. The molecule has 2 saturated carbocycles. The lowest BCUT2D eigenvalue weighted by atomic mass is 10.1. The van der Waals surface area contributed by atoms with E-state index in [2.05, 4.69) is 12.2 Å². The van der Waals surface area contributed by atoms with E-state index < -0.39 is 0 Å². The van der Waals surface area contributed by atoms with Gasteiger partial charge in [-0.2, -0.15) is 0 Å². The van der Waals surface area contributed by atoms with Gasteiger partial charge < -0.3 is 10.2 Å². The molecular formula is C14H22N2O2. The van der Waals surface area contributed by atoms with Crippen molar-refractivity contribution in [2.24, 2.45) is 11.8 Å². The summed E-state index contributed by atoms with van der Waals surface area (Å²) in [5, 5.41) is 2.92. The Morgan fingerprint density at radius 2 is 2.11 bits per heavy atom. The number of carbonyl (C=O) groups is 2. The van der Waals surface area contributed by atoms with Gasteiger partial charge in [-0.15, -0.1) is 0 Å². The van der Waals surface area contributed by atoms with Crippen LogP contribution in [0.2, 0.25) is 0 Å². The number of hydrogen-bond acceptors (Lipinski definition) is 2. The minimum atomic E-state index is -0.220. The van der Waals surface area contributed by atoms with Crippen LogP contribution in [0.25, 0.3) is 0 Å². The molecule has 4 nitrogen and oxygen atoms in total. The highest BCUT2D eigenvalue weighted by atomic mass is 16.2. The highest BCUT2D eigenvalue weighted by Crippen LogP contribution is 2.42. The van der Waals surface area contributed by atoms with Crippen molar-refractivity contribution in [1.29, 1.82) is 0 Å². The minimum absolute atomic E-state index is 0.0513. The van der Waals surface area contributed by atoms with Gasteiger partial charge in [0.15, 0.2) is 0 Å². The lowest BCUT2D eigenvalue weighted by Gasteiger charge is -2.24. The summed E-state index contributed by atoms with van der Waals surface area (Å²) in [6, 6.07) is 0.203. The fourth-order valence-corrected chi connectivity index (χ4v) is 3.19. The largest absolute Gasteiger partial charge is 0.344 e. The van der Waals surface area contributed by atoms with Gasteiger partial charge in [0.25, 0.3) is 0 Å². The zero-order valence-corrected chi connectivity index (χ0v) is 11.0. The predicted octanol–water partition coefficient (Wildman–Crippen LogP) is 1.30. The van der Waals surface area contributed by atoms with Gasteiger partial charge in [0.1, 0.15) is 6.04 Å². The van der Waals surface area contributed by atoms with E-state index in [1.54, 1.807) is 0 Å². The third-order valence-electron chi connectivity index (χ3n) is 4.48. The smallest absolute Gasteiger partial charge is 0.245 e. The van der Waals surface area contributed by atoms with E-state index in [9.17, 15) is 9.59 Å². The fourth-order valence-electron chi connectivity index (χ4n) is 3.19. The summed E-state index contributed by atoms with van der Waals surface area (Å²) >= 11 is 0. The maximum absolute atomic E-state index is 12.5. The Morgan fingerprint density at radius 1 is 1.33 bits per heavy atom. The van der Waals surface area contributed by atoms with Gasteiger partial charge in [0.05, 0.1) is 0 Å². The summed E-state index contributed by atoms with van der Waals surface area (Å²) in [5.41, 5.74) is 0. The first-order valence-electron chi connectivity index (χ1n) is 7.30. The van der Waals surface area contributed by atoms with Crippen molar-refractivity contribution in [3.05, 3.63) is 0 Å². The molecule has 0 bridgehead atoms. The van der Waals surface area contributed by atoms with Gasteiger partial charge in [-0.1, -0.05) is 13.3 Å². The quantitative estimate of drug-likeness (QED) is 0.817. The average molecular weight is 250 g/mol. The molecule has 2 amide bonds. The molecule has 1 aliphatic heterocycles. The number of amides is 2. The van der Waals surface area contributed by atoms with Gasteiger partial charge >= 0.3 is 0 Å². The van der Waals surface area contributed by atoms with Crippen LogP contribution in [-0.2, 0) is 9.59 Å². The van der Waals surface area contributed by atoms with E-state index in [4.69, 9.17) is 0 Å². The van der Waals surface area contributed by atoms with Crippen LogP contribution in [0.1, 0.15) is 45.4 Å². The molecule has 3 unspecified atom stereocenters. The molecule has 3 aliphatic rings. The maximum atomic E-state index is 12.5. The molecule has 0 radical (unpaired) electrons. The highest BCUT2D eigenvalue weighted by molar-refractivity contribution is 5.90. The Morgan fingerprint density at radius 3 is 2.78 bits per heavy atom. The van der Waals surface area contributed by atoms with E-state index in [0.717, 1.165) is 19.3 Å². The lowest BCUT2D eigenvalue weighted by Crippen LogP contribution is -2.47. The lowest BCUT2D eigenvalue weighted by molar-refractivity contribution is -0.134. The predicted molar refractivity (Wildman–Crippen MR) is 67.8 cm³/mol. The first-order chi connectivity index (χ1) is 8.70. The van der Waals surface area contributed by atoms with Crippen molar-refractivity contribution in [3.63, 3.8) is 0 Å². The van der Waals surface area contributed by atoms with Crippen LogP contribution >= 0.6 is 0 Å². The van der Waals surface area contributed by atoms with Crippen LogP contribution in [0, 0.1) is 11.8 Å². The Bertz CT molecular complexity index is 365. The van der Waals surface area contributed by atoms with Gasteiger partial charge in [0, 0.05) is 19.0 Å². The van der Waals surface area contributed by atoms with Gasteiger partial charge in [-0.05, 0) is 37.5 Å². The number of nitrogens with one attached hydrogen (secondary N) is 1. The monoisotopic (exact) mass is 250 g/mol. The molecule has 2 aliphatic carbocycles. The second-order valence-electron chi connectivity index (χ2n) is 6.02. The van der Waals surface area contributed by atoms with E-state index >= 15 is 0 Å². The molecule has 1 N–H and O–H groups in total. The molecule has 4 heteroatoms. The maximum Gasteiger partial charge on any atom is 0.245 e. The third kappa shape index (κ3) is 2.25. The molecule has 3 rings (SSSR count). The zero-order valence-electron chi connectivity index (χ0n) is 11.0. The molecule has 3 atom stereocenters. The fraction of sp³-hybridized carbons (Fsp3) is 0.857. The van der Waals surface area contributed by atoms with E-state index in [0.29, 0.717) is 30.8 Å². The minimum Gasteiger partial charge on any atom is -0.344 e. The summed E-state index contributed by atoms with van der Waals surface area (Å²) < 4.78 is 0. The Hall–Kier alpha value is -1.06. The second kappa shape index (κ2) is 4.56. The molecule has 0 aromatic carbocycles. The highest BCUT2D eigenvalue weighted by Gasteiger charge is 2.48. The van der Waals surface area contributed by atoms with Crippen LogP contribution in [0.15, 0.2) is 0 Å². The van der Waals surface area contributed by atoms with Crippen molar-refractivity contribution in [2.45, 2.75) is 57.5 Å². The molecule has 1 heterocycles. The summed E-state index contributed by atoms with van der Waals surface area (Å²) in [5.74, 6) is 1.33. The normalized spacial score (nSPS) is 36.3. The molecule has 0 aromatic rings. The zero-order chi connectivity index (χ0) is 12.7. The van der Waals surface area contributed by atoms with Crippen molar-refractivity contribution in [3.8, 4) is 0 Å². The van der Waals surface area contributed by atoms with Crippen molar-refractivity contribution < 1.29 is 9.59 Å². The number of rotatable bonds is 4. The Balaban J connectivity index is 1.69. The summed E-state index contributed by atoms with van der Waals surface area (Å²) in [6.45, 7) is 2.82. The number of carbonyl (C=O) groups excluding carboxylic acids is 2. The molecule has 0 spiro atoms. The molecule has 100 valence electrons. The van der Waals surface area contributed by atoms with Crippen LogP contribution in [0.5, 0.6) is 0 Å². The SMILES string of the molecule is CCCC1CC1N1CCC(=O)NC(C2CC2)C1=O. The van der Waals surface area contributed by atoms with E-state index in [1.807, 2.05) is 4.90 Å². The summed E-state index contributed by atoms with van der Waals surface area (Å²) in [4.78, 5) is 26.2. The number of nitrogens with zero attached hydrogens (tertiary/aromatic N) is 1. The van der Waals surface area contributed by atoms with Gasteiger partial charge in [-0.3, -0.25) is 9.59 Å². The third-order valence-corrected chi connectivity index (χ3v) is 4.48. The van der Waals surface area contributed by atoms with Gasteiger partial charge in [-0.25, -0.2) is 0 Å². The first-order valence-corrected chi connectivity index (χ1v) is 7.30. The van der Waals surface area contributed by atoms with Crippen LogP contribution in [0.3, 0.4) is 0 Å². The first kappa shape index (κ1) is 12.0. The average Bonchev–Trinajstić information content (AvgIpc) is 3.17. The molecular weight excluding hydrogens is 228 g/mol. The number of hydrogen-bond donors (Lipinski definition) is 1. The molecule has 3 fully saturated rings. The van der Waals surface area contributed by atoms with Crippen molar-refractivity contribution >= 4 is 11.8 Å². The topological polar surface area (TPSA) is 49.4 Å². The van der Waals surface area contributed by atoms with Crippen molar-refractivity contribution in [1.82, 2.24) is 10.2 Å². The van der Waals surface area contributed by atoms with Crippen molar-refractivity contribution in [2.75, 3.05) is 6.54 Å². The molecule has 18 heavy (non-hydrogen) atoms. The molecule has 0 aromatic heterocycles. The summed E-state index contributed by atoms with van der Waals surface area (Å²) in [7, 11) is 0. The van der Waals surface area contributed by atoms with Gasteiger partial charge in [0.2, 0.25) is 11.8 Å². The summed E-state index contributed by atoms with van der Waals surface area (Å²) in [6.07, 6.45) is 6.20. The van der Waals surface area contributed by atoms with Crippen LogP contribution in [0.4, 0.5) is 0 Å². The standard InChI is InChI=1S/C14H22N2O2/c1-2-3-10-8-11(10)16-7-6-12(17)15-13(14(16)18)9-4-5-9/h9-11,13H,2-8H2,1H3,(H,15,17). The Labute approximate surface area is 108 Å². The van der Waals surface area contributed by atoms with E-state index in [-0.39, 0.29) is 17.9 Å².